The molecular formula is C13H17ClN4S. The molecule has 6 heteroatoms. The summed E-state index contributed by atoms with van der Waals surface area (Å²) in [7, 11) is 0. The van der Waals surface area contributed by atoms with Crippen molar-refractivity contribution >= 4 is 40.0 Å². The third-order valence-electron chi connectivity index (χ3n) is 3.58. The van der Waals surface area contributed by atoms with Crippen molar-refractivity contribution in [2.24, 2.45) is 0 Å². The molecule has 1 N–H and O–H groups in total. The number of piperidine rings is 1. The molecule has 3 rings (SSSR count). The summed E-state index contributed by atoms with van der Waals surface area (Å²) in [5.74, 6) is 0. The van der Waals surface area contributed by atoms with Crippen LogP contribution in [-0.4, -0.2) is 34.4 Å². The summed E-state index contributed by atoms with van der Waals surface area (Å²) in [6, 6.07) is 4.41. The molecule has 1 saturated heterocycles. The summed E-state index contributed by atoms with van der Waals surface area (Å²) in [5.41, 5.74) is 2.93. The first kappa shape index (κ1) is 13.1. The van der Waals surface area contributed by atoms with Crippen LogP contribution in [0.2, 0.25) is 5.02 Å². The zero-order valence-corrected chi connectivity index (χ0v) is 12.5. The number of nitrogens with one attached hydrogen (secondary N) is 1. The number of likely N-dealkylation sites (N-methyl/N-ethyl adjacent to an activating group) is 1. The molecule has 1 aromatic carbocycles. The Morgan fingerprint density at radius 2 is 2.37 bits per heavy atom. The molecule has 1 aliphatic heterocycles. The molecule has 1 aromatic heterocycles. The van der Waals surface area contributed by atoms with Gasteiger partial charge in [0.2, 0.25) is 0 Å². The van der Waals surface area contributed by atoms with Crippen molar-refractivity contribution in [1.29, 1.82) is 0 Å². The van der Waals surface area contributed by atoms with Crippen LogP contribution in [0.4, 0.5) is 5.69 Å². The summed E-state index contributed by atoms with van der Waals surface area (Å²) in [6.45, 7) is 5.19. The van der Waals surface area contributed by atoms with Crippen molar-refractivity contribution in [2.45, 2.75) is 25.8 Å². The maximum Gasteiger partial charge on any atom is 0.129 e. The molecule has 0 bridgehead atoms. The fourth-order valence-corrected chi connectivity index (χ4v) is 3.56. The molecule has 1 aliphatic rings. The Balaban J connectivity index is 1.94. The van der Waals surface area contributed by atoms with E-state index in [4.69, 9.17) is 11.6 Å². The normalized spacial score (nSPS) is 20.1. The number of aromatic nitrogens is 2. The summed E-state index contributed by atoms with van der Waals surface area (Å²) in [5, 5.41) is 4.30. The highest BCUT2D eigenvalue weighted by Crippen LogP contribution is 2.34. The van der Waals surface area contributed by atoms with E-state index in [1.54, 1.807) is 0 Å². The number of anilines is 1. The average molecular weight is 297 g/mol. The lowest BCUT2D eigenvalue weighted by Gasteiger charge is -2.35. The number of fused-ring (bicyclic) bond motifs is 1. The van der Waals surface area contributed by atoms with Crippen LogP contribution in [0.1, 0.15) is 19.8 Å². The average Bonchev–Trinajstić information content (AvgIpc) is 2.87. The molecule has 1 fully saturated rings. The smallest absolute Gasteiger partial charge is 0.129 e. The quantitative estimate of drug-likeness (QED) is 0.945. The Kier molecular flexibility index (Phi) is 3.86. The van der Waals surface area contributed by atoms with Crippen LogP contribution in [0.15, 0.2) is 12.1 Å². The predicted octanol–water partition coefficient (Wildman–Crippen LogP) is 2.92. The van der Waals surface area contributed by atoms with Gasteiger partial charge in [-0.3, -0.25) is 0 Å². The molecule has 1 unspecified atom stereocenters. The van der Waals surface area contributed by atoms with Crippen LogP contribution in [0.3, 0.4) is 0 Å². The zero-order chi connectivity index (χ0) is 13.2. The van der Waals surface area contributed by atoms with E-state index in [-0.39, 0.29) is 0 Å². The third kappa shape index (κ3) is 2.55. The third-order valence-corrected chi connectivity index (χ3v) is 4.43. The van der Waals surface area contributed by atoms with Gasteiger partial charge in [-0.1, -0.05) is 18.5 Å². The first-order valence-corrected chi connectivity index (χ1v) is 7.79. The van der Waals surface area contributed by atoms with E-state index in [2.05, 4.69) is 25.9 Å². The lowest BCUT2D eigenvalue weighted by Crippen LogP contribution is -2.45. The second-order valence-electron chi connectivity index (χ2n) is 4.87. The van der Waals surface area contributed by atoms with Gasteiger partial charge < -0.3 is 10.2 Å². The largest absolute Gasteiger partial charge is 0.367 e. The van der Waals surface area contributed by atoms with E-state index >= 15 is 0 Å². The molecule has 0 spiro atoms. The molecule has 4 nitrogen and oxygen atoms in total. The Hall–Kier alpha value is -0.910. The van der Waals surface area contributed by atoms with Crippen molar-refractivity contribution in [3.63, 3.8) is 0 Å². The van der Waals surface area contributed by atoms with Crippen molar-refractivity contribution in [2.75, 3.05) is 24.5 Å². The first-order chi connectivity index (χ1) is 9.29. The highest BCUT2D eigenvalue weighted by molar-refractivity contribution is 7.00. The van der Waals surface area contributed by atoms with Gasteiger partial charge in [-0.2, -0.15) is 8.75 Å². The molecule has 1 atom stereocenters. The molecule has 102 valence electrons. The van der Waals surface area contributed by atoms with Gasteiger partial charge in [0.15, 0.2) is 0 Å². The van der Waals surface area contributed by atoms with E-state index in [0.717, 1.165) is 41.4 Å². The number of hydrogen-bond acceptors (Lipinski definition) is 5. The summed E-state index contributed by atoms with van der Waals surface area (Å²) >= 11 is 7.64. The fourth-order valence-electron chi connectivity index (χ4n) is 2.75. The number of nitrogens with zero attached hydrogens (tertiary/aromatic N) is 3. The monoisotopic (exact) mass is 296 g/mol. The molecule has 0 radical (unpaired) electrons. The minimum atomic E-state index is 0.539. The van der Waals surface area contributed by atoms with E-state index < -0.39 is 0 Å². The minimum Gasteiger partial charge on any atom is -0.367 e. The predicted molar refractivity (Wildman–Crippen MR) is 81.3 cm³/mol. The van der Waals surface area contributed by atoms with Gasteiger partial charge in [0, 0.05) is 19.1 Å². The minimum absolute atomic E-state index is 0.539. The molecule has 2 heterocycles. The van der Waals surface area contributed by atoms with Crippen LogP contribution in [0.25, 0.3) is 11.0 Å². The number of hydrogen-bond donors (Lipinski definition) is 1. The van der Waals surface area contributed by atoms with Gasteiger partial charge in [0.1, 0.15) is 11.0 Å². The van der Waals surface area contributed by atoms with E-state index in [9.17, 15) is 0 Å². The first-order valence-electron chi connectivity index (χ1n) is 6.68. The standard InChI is InChI=1S/C13H17ClN4S/c1-2-15-9-4-3-7-18(8-9)13-10(14)5-6-11-12(13)17-19-16-11/h5-6,9,15H,2-4,7-8H2,1H3. The Labute approximate surface area is 122 Å². The van der Waals surface area contributed by atoms with Gasteiger partial charge in [-0.05, 0) is 31.5 Å². The molecule has 19 heavy (non-hydrogen) atoms. The van der Waals surface area contributed by atoms with E-state index in [1.807, 2.05) is 12.1 Å². The second kappa shape index (κ2) is 5.61. The fraction of sp³-hybridized carbons (Fsp3) is 0.538. The van der Waals surface area contributed by atoms with Crippen LogP contribution in [-0.2, 0) is 0 Å². The van der Waals surface area contributed by atoms with Crippen LogP contribution in [0, 0.1) is 0 Å². The molecule has 2 aromatic rings. The SMILES string of the molecule is CCNC1CCCN(c2c(Cl)ccc3nsnc23)C1. The van der Waals surface area contributed by atoms with Crippen LogP contribution >= 0.6 is 23.3 Å². The highest BCUT2D eigenvalue weighted by Gasteiger charge is 2.23. The summed E-state index contributed by atoms with van der Waals surface area (Å²) in [6.07, 6.45) is 2.41. The molecule has 0 amide bonds. The van der Waals surface area contributed by atoms with E-state index in [0.29, 0.717) is 6.04 Å². The van der Waals surface area contributed by atoms with Crippen molar-refractivity contribution < 1.29 is 0 Å². The molecular weight excluding hydrogens is 280 g/mol. The molecule has 0 saturated carbocycles. The van der Waals surface area contributed by atoms with Gasteiger partial charge in [-0.25, -0.2) is 0 Å². The number of benzene rings is 1. The Morgan fingerprint density at radius 1 is 1.47 bits per heavy atom. The van der Waals surface area contributed by atoms with Crippen LogP contribution < -0.4 is 10.2 Å². The zero-order valence-electron chi connectivity index (χ0n) is 10.9. The number of halogens is 1. The summed E-state index contributed by atoms with van der Waals surface area (Å²) in [4.78, 5) is 2.35. The van der Waals surface area contributed by atoms with E-state index in [1.165, 1.54) is 24.6 Å². The maximum atomic E-state index is 6.39. The summed E-state index contributed by atoms with van der Waals surface area (Å²) < 4.78 is 8.71. The van der Waals surface area contributed by atoms with Gasteiger partial charge >= 0.3 is 0 Å². The van der Waals surface area contributed by atoms with Crippen LogP contribution in [0.5, 0.6) is 0 Å². The van der Waals surface area contributed by atoms with Gasteiger partial charge in [0.05, 0.1) is 22.4 Å². The Bertz CT molecular complexity index is 569. The Morgan fingerprint density at radius 3 is 3.21 bits per heavy atom. The highest BCUT2D eigenvalue weighted by atomic mass is 35.5. The van der Waals surface area contributed by atoms with Crippen molar-refractivity contribution in [3.8, 4) is 0 Å². The van der Waals surface area contributed by atoms with Gasteiger partial charge in [0.25, 0.3) is 0 Å². The molecule has 0 aliphatic carbocycles. The number of rotatable bonds is 3. The maximum absolute atomic E-state index is 6.39. The topological polar surface area (TPSA) is 41.0 Å². The van der Waals surface area contributed by atoms with Crippen molar-refractivity contribution in [3.05, 3.63) is 17.2 Å². The van der Waals surface area contributed by atoms with Gasteiger partial charge in [-0.15, -0.1) is 0 Å². The van der Waals surface area contributed by atoms with Crippen molar-refractivity contribution in [1.82, 2.24) is 14.1 Å². The lowest BCUT2D eigenvalue weighted by molar-refractivity contribution is 0.432. The second-order valence-corrected chi connectivity index (χ2v) is 5.81. The lowest BCUT2D eigenvalue weighted by atomic mass is 10.0.